The topological polar surface area (TPSA) is 60.2 Å². The van der Waals surface area contributed by atoms with Crippen LogP contribution in [0.1, 0.15) is 31.7 Å². The fraction of sp³-hybridized carbons (Fsp3) is 0.462. The van der Waals surface area contributed by atoms with Gasteiger partial charge in [0.25, 0.3) is 0 Å². The zero-order valence-corrected chi connectivity index (χ0v) is 10.1. The molecule has 0 aliphatic heterocycles. The minimum Gasteiger partial charge on any atom is -0.303 e. The molecule has 0 bridgehead atoms. The third-order valence-electron chi connectivity index (χ3n) is 3.36. The zero-order chi connectivity index (χ0) is 12.9. The van der Waals surface area contributed by atoms with Crippen molar-refractivity contribution in [3.8, 4) is 0 Å². The lowest BCUT2D eigenvalue weighted by molar-refractivity contribution is -0.485. The molecule has 0 aliphatic rings. The van der Waals surface area contributed by atoms with Gasteiger partial charge in [0.2, 0.25) is 6.54 Å². The van der Waals surface area contributed by atoms with Crippen molar-refractivity contribution in [3.05, 3.63) is 46.0 Å². The van der Waals surface area contributed by atoms with Crippen LogP contribution in [0.15, 0.2) is 30.3 Å². The van der Waals surface area contributed by atoms with Crippen molar-refractivity contribution < 1.29 is 9.72 Å². The van der Waals surface area contributed by atoms with E-state index in [4.69, 9.17) is 0 Å². The summed E-state index contributed by atoms with van der Waals surface area (Å²) in [7, 11) is 0. The number of carbonyl (C=O) groups excluding carboxylic acids is 1. The standard InChI is InChI=1S/C13H17NO3/c1-3-13(2,10-15)12(9-14(16)17)11-7-5-4-6-8-11/h4-8,10,12H,3,9H2,1-2H3/t12-,13+/m0/s1. The first kappa shape index (κ1) is 13.4. The van der Waals surface area contributed by atoms with Crippen molar-refractivity contribution in [2.24, 2.45) is 5.41 Å². The van der Waals surface area contributed by atoms with Gasteiger partial charge in [0, 0.05) is 10.3 Å². The van der Waals surface area contributed by atoms with Crippen LogP contribution >= 0.6 is 0 Å². The molecule has 1 aromatic rings. The molecule has 0 saturated heterocycles. The zero-order valence-electron chi connectivity index (χ0n) is 10.1. The average molecular weight is 235 g/mol. The molecule has 0 spiro atoms. The van der Waals surface area contributed by atoms with Gasteiger partial charge in [-0.25, -0.2) is 0 Å². The normalized spacial score (nSPS) is 15.9. The lowest BCUT2D eigenvalue weighted by atomic mass is 9.72. The van der Waals surface area contributed by atoms with Crippen LogP contribution in [0.4, 0.5) is 0 Å². The average Bonchev–Trinajstić information content (AvgIpc) is 2.36. The largest absolute Gasteiger partial charge is 0.303 e. The van der Waals surface area contributed by atoms with E-state index >= 15 is 0 Å². The van der Waals surface area contributed by atoms with Gasteiger partial charge in [0.15, 0.2) is 0 Å². The molecule has 0 amide bonds. The summed E-state index contributed by atoms with van der Waals surface area (Å²) in [6, 6.07) is 9.21. The fourth-order valence-corrected chi connectivity index (χ4v) is 1.94. The Morgan fingerprint density at radius 3 is 2.41 bits per heavy atom. The fourth-order valence-electron chi connectivity index (χ4n) is 1.94. The molecule has 2 atom stereocenters. The van der Waals surface area contributed by atoms with Crippen molar-refractivity contribution in [2.45, 2.75) is 26.2 Å². The lowest BCUT2D eigenvalue weighted by Crippen LogP contribution is -2.31. The molecule has 0 heterocycles. The Bertz CT molecular complexity index is 391. The molecule has 0 unspecified atom stereocenters. The maximum absolute atomic E-state index is 11.2. The van der Waals surface area contributed by atoms with Gasteiger partial charge in [-0.3, -0.25) is 10.1 Å². The molecule has 17 heavy (non-hydrogen) atoms. The van der Waals surface area contributed by atoms with Crippen molar-refractivity contribution in [1.29, 1.82) is 0 Å². The monoisotopic (exact) mass is 235 g/mol. The summed E-state index contributed by atoms with van der Waals surface area (Å²) in [5, 5.41) is 10.8. The Kier molecular flexibility index (Phi) is 4.37. The van der Waals surface area contributed by atoms with E-state index in [1.807, 2.05) is 37.3 Å². The van der Waals surface area contributed by atoms with Gasteiger partial charge in [0.1, 0.15) is 6.29 Å². The van der Waals surface area contributed by atoms with Crippen LogP contribution in [-0.4, -0.2) is 17.8 Å². The van der Waals surface area contributed by atoms with Gasteiger partial charge < -0.3 is 4.79 Å². The number of hydrogen-bond acceptors (Lipinski definition) is 3. The van der Waals surface area contributed by atoms with E-state index in [1.165, 1.54) is 0 Å². The van der Waals surface area contributed by atoms with Gasteiger partial charge in [0.05, 0.1) is 5.92 Å². The van der Waals surface area contributed by atoms with Gasteiger partial charge in [-0.05, 0) is 12.0 Å². The van der Waals surface area contributed by atoms with Crippen LogP contribution in [0.3, 0.4) is 0 Å². The maximum atomic E-state index is 11.2. The number of aldehydes is 1. The summed E-state index contributed by atoms with van der Waals surface area (Å²) in [6.45, 7) is 3.44. The first-order chi connectivity index (χ1) is 8.03. The van der Waals surface area contributed by atoms with Crippen molar-refractivity contribution >= 4 is 6.29 Å². The Labute approximate surface area is 101 Å². The van der Waals surface area contributed by atoms with E-state index < -0.39 is 5.41 Å². The summed E-state index contributed by atoms with van der Waals surface area (Å²) in [6.07, 6.45) is 1.43. The number of nitrogens with zero attached hydrogens (tertiary/aromatic N) is 1. The van der Waals surface area contributed by atoms with E-state index in [0.29, 0.717) is 6.42 Å². The quantitative estimate of drug-likeness (QED) is 0.432. The van der Waals surface area contributed by atoms with Crippen molar-refractivity contribution in [2.75, 3.05) is 6.54 Å². The summed E-state index contributed by atoms with van der Waals surface area (Å²) >= 11 is 0. The summed E-state index contributed by atoms with van der Waals surface area (Å²) in [5.41, 5.74) is 0.162. The second-order valence-corrected chi connectivity index (χ2v) is 4.46. The Morgan fingerprint density at radius 2 is 2.00 bits per heavy atom. The lowest BCUT2D eigenvalue weighted by Gasteiger charge is -2.29. The third kappa shape index (κ3) is 3.12. The SMILES string of the molecule is CC[C@](C)(C=O)[C@@H](C[N+](=O)[O-])c1ccccc1. The Balaban J connectivity index is 3.12. The molecule has 0 fully saturated rings. The van der Waals surface area contributed by atoms with Crippen LogP contribution in [0.5, 0.6) is 0 Å². The predicted octanol–water partition coefficient (Wildman–Crippen LogP) is 2.66. The molecule has 0 saturated carbocycles. The first-order valence-electron chi connectivity index (χ1n) is 5.66. The third-order valence-corrected chi connectivity index (χ3v) is 3.36. The number of hydrogen-bond donors (Lipinski definition) is 0. The van der Waals surface area contributed by atoms with E-state index in [1.54, 1.807) is 6.92 Å². The summed E-state index contributed by atoms with van der Waals surface area (Å²) in [5.74, 6) is -0.374. The van der Waals surface area contributed by atoms with Crippen LogP contribution in [0.2, 0.25) is 0 Å². The molecule has 0 radical (unpaired) electrons. The predicted molar refractivity (Wildman–Crippen MR) is 65.5 cm³/mol. The van der Waals surface area contributed by atoms with E-state index in [-0.39, 0.29) is 17.4 Å². The summed E-state index contributed by atoms with van der Waals surface area (Å²) in [4.78, 5) is 21.6. The van der Waals surface area contributed by atoms with Crippen molar-refractivity contribution in [3.63, 3.8) is 0 Å². The number of nitro groups is 1. The molecule has 92 valence electrons. The molecular formula is C13H17NO3. The molecule has 4 heteroatoms. The second kappa shape index (κ2) is 5.57. The van der Waals surface area contributed by atoms with Gasteiger partial charge in [-0.2, -0.15) is 0 Å². The molecule has 0 aromatic heterocycles. The molecule has 0 aliphatic carbocycles. The van der Waals surface area contributed by atoms with Crippen molar-refractivity contribution in [1.82, 2.24) is 0 Å². The van der Waals surface area contributed by atoms with Gasteiger partial charge in [-0.1, -0.05) is 44.2 Å². The van der Waals surface area contributed by atoms with Crippen LogP contribution < -0.4 is 0 Å². The number of rotatable bonds is 6. The van der Waals surface area contributed by atoms with E-state index in [9.17, 15) is 14.9 Å². The Hall–Kier alpha value is -1.71. The molecular weight excluding hydrogens is 218 g/mol. The summed E-state index contributed by atoms with van der Waals surface area (Å²) < 4.78 is 0. The van der Waals surface area contributed by atoms with Crippen LogP contribution in [-0.2, 0) is 4.79 Å². The molecule has 0 N–H and O–H groups in total. The highest BCUT2D eigenvalue weighted by Gasteiger charge is 2.37. The second-order valence-electron chi connectivity index (χ2n) is 4.46. The minimum absolute atomic E-state index is 0.215. The first-order valence-corrected chi connectivity index (χ1v) is 5.66. The molecule has 4 nitrogen and oxygen atoms in total. The van der Waals surface area contributed by atoms with E-state index in [0.717, 1.165) is 11.8 Å². The number of benzene rings is 1. The highest BCUT2D eigenvalue weighted by molar-refractivity contribution is 5.61. The van der Waals surface area contributed by atoms with Gasteiger partial charge in [-0.15, -0.1) is 0 Å². The maximum Gasteiger partial charge on any atom is 0.211 e. The van der Waals surface area contributed by atoms with Crippen LogP contribution in [0, 0.1) is 15.5 Å². The highest BCUT2D eigenvalue weighted by Crippen LogP contribution is 2.37. The molecule has 1 aromatic carbocycles. The number of carbonyl (C=O) groups is 1. The minimum atomic E-state index is -0.686. The smallest absolute Gasteiger partial charge is 0.211 e. The molecule has 1 rings (SSSR count). The highest BCUT2D eigenvalue weighted by atomic mass is 16.6. The Morgan fingerprint density at radius 1 is 1.41 bits per heavy atom. The van der Waals surface area contributed by atoms with E-state index in [2.05, 4.69) is 0 Å². The van der Waals surface area contributed by atoms with Gasteiger partial charge >= 0.3 is 0 Å². The van der Waals surface area contributed by atoms with Crippen LogP contribution in [0.25, 0.3) is 0 Å².